The van der Waals surface area contributed by atoms with Crippen LogP contribution in [0.25, 0.3) is 16.7 Å². The highest BCUT2D eigenvalue weighted by Gasteiger charge is 2.27. The van der Waals surface area contributed by atoms with Gasteiger partial charge in [0.2, 0.25) is 0 Å². The number of aliphatic hydroxyl groups excluding tert-OH is 1. The molecular weight excluding hydrogens is 477 g/mol. The largest absolute Gasteiger partial charge is 0.496 e. The molecule has 1 amide bonds. The Kier molecular flexibility index (Phi) is 7.02. The van der Waals surface area contributed by atoms with E-state index in [1.165, 1.54) is 25.6 Å². The third-order valence-electron chi connectivity index (χ3n) is 6.72. The van der Waals surface area contributed by atoms with Gasteiger partial charge in [0, 0.05) is 29.9 Å². The number of aliphatic hydroxyl groups is 1. The lowest BCUT2D eigenvalue weighted by Gasteiger charge is -2.27. The number of methoxy groups -OCH3 is 1. The third-order valence-corrected chi connectivity index (χ3v) is 6.72. The van der Waals surface area contributed by atoms with Crippen LogP contribution in [0.5, 0.6) is 5.75 Å². The number of hydrogen-bond donors (Lipinski definition) is 3. The number of carbonyl (C=O) groups is 1. The minimum Gasteiger partial charge on any atom is -0.496 e. The molecule has 2 aromatic carbocycles. The predicted octanol–water partition coefficient (Wildman–Crippen LogP) is 3.34. The number of nitrogens with one attached hydrogen (secondary N) is 1. The Labute approximate surface area is 213 Å². The van der Waals surface area contributed by atoms with Gasteiger partial charge in [0.25, 0.3) is 5.91 Å². The molecule has 10 heteroatoms. The van der Waals surface area contributed by atoms with E-state index in [0.29, 0.717) is 18.2 Å². The van der Waals surface area contributed by atoms with E-state index in [2.05, 4.69) is 15.3 Å². The molecule has 37 heavy (non-hydrogen) atoms. The number of rotatable bonds is 7. The zero-order valence-corrected chi connectivity index (χ0v) is 20.4. The summed E-state index contributed by atoms with van der Waals surface area (Å²) in [6.07, 6.45) is 5.01. The number of nitrogens with two attached hydrogens (primary N) is 1. The fourth-order valence-corrected chi connectivity index (χ4v) is 4.71. The summed E-state index contributed by atoms with van der Waals surface area (Å²) in [5, 5.41) is 12.2. The molecule has 0 unspecified atom stereocenters. The summed E-state index contributed by atoms with van der Waals surface area (Å²) in [7, 11) is 1.43. The van der Waals surface area contributed by atoms with Crippen LogP contribution in [-0.4, -0.2) is 52.0 Å². The van der Waals surface area contributed by atoms with Crippen molar-refractivity contribution in [2.45, 2.75) is 31.4 Å². The first-order chi connectivity index (χ1) is 18.0. The van der Waals surface area contributed by atoms with Crippen LogP contribution in [-0.2, 0) is 11.3 Å². The van der Waals surface area contributed by atoms with Crippen molar-refractivity contribution in [1.29, 1.82) is 0 Å². The molecule has 1 fully saturated rings. The fraction of sp³-hybridized carbons (Fsp3) is 0.296. The van der Waals surface area contributed by atoms with E-state index in [1.54, 1.807) is 0 Å². The standard InChI is InChI=1S/C27H28FN5O4/c1-36-23-9-5-18(28)10-21(23)27(35)30-11-16-2-6-19(7-3-16)33-12-22(17-4-8-20(13-34)37-14-17)24-25(33)26(29)32-15-31-24/h2-3,5-7,9-10,12,15,17,20,34H,4,8,11,13-14H2,1H3,(H,30,35)(H2,29,31,32)/t17-,20+/m1/s1. The molecule has 5 rings (SSSR count). The molecule has 0 bridgehead atoms. The molecule has 2 aromatic heterocycles. The fourth-order valence-electron chi connectivity index (χ4n) is 4.71. The van der Waals surface area contributed by atoms with Gasteiger partial charge in [0.05, 0.1) is 37.5 Å². The summed E-state index contributed by atoms with van der Waals surface area (Å²) in [5.41, 5.74) is 10.7. The second-order valence-electron chi connectivity index (χ2n) is 9.02. The first kappa shape index (κ1) is 24.7. The van der Waals surface area contributed by atoms with Crippen LogP contribution < -0.4 is 15.8 Å². The lowest BCUT2D eigenvalue weighted by molar-refractivity contribution is -0.0268. The van der Waals surface area contributed by atoms with Gasteiger partial charge in [-0.15, -0.1) is 0 Å². The van der Waals surface area contributed by atoms with Crippen LogP contribution in [0.2, 0.25) is 0 Å². The highest BCUT2D eigenvalue weighted by molar-refractivity contribution is 5.97. The maximum Gasteiger partial charge on any atom is 0.255 e. The molecule has 0 aliphatic carbocycles. The van der Waals surface area contributed by atoms with Crippen LogP contribution >= 0.6 is 0 Å². The Morgan fingerprint density at radius 3 is 2.76 bits per heavy atom. The molecule has 1 aliphatic rings. The normalized spacial score (nSPS) is 17.6. The summed E-state index contributed by atoms with van der Waals surface area (Å²) in [6.45, 7) is 0.780. The van der Waals surface area contributed by atoms with E-state index in [1.807, 2.05) is 35.0 Å². The van der Waals surface area contributed by atoms with Crippen molar-refractivity contribution in [3.05, 3.63) is 77.5 Å². The molecule has 9 nitrogen and oxygen atoms in total. The lowest BCUT2D eigenvalue weighted by Crippen LogP contribution is -2.27. The number of nitrogen functional groups attached to an aromatic ring is 1. The molecule has 0 saturated carbocycles. The van der Waals surface area contributed by atoms with Gasteiger partial charge < -0.3 is 30.2 Å². The van der Waals surface area contributed by atoms with Gasteiger partial charge in [0.15, 0.2) is 5.82 Å². The van der Waals surface area contributed by atoms with Crippen LogP contribution in [0.1, 0.15) is 40.2 Å². The summed E-state index contributed by atoms with van der Waals surface area (Å²) < 4.78 is 26.6. The number of anilines is 1. The maximum atomic E-state index is 13.6. The van der Waals surface area contributed by atoms with Crippen LogP contribution in [0.3, 0.4) is 0 Å². The molecular formula is C27H28FN5O4. The first-order valence-electron chi connectivity index (χ1n) is 12.0. The van der Waals surface area contributed by atoms with Crippen LogP contribution in [0.4, 0.5) is 10.2 Å². The zero-order chi connectivity index (χ0) is 25.9. The molecule has 0 spiro atoms. The van der Waals surface area contributed by atoms with Gasteiger partial charge >= 0.3 is 0 Å². The summed E-state index contributed by atoms with van der Waals surface area (Å²) >= 11 is 0. The van der Waals surface area contributed by atoms with Gasteiger partial charge in [-0.1, -0.05) is 12.1 Å². The van der Waals surface area contributed by atoms with Gasteiger partial charge in [-0.05, 0) is 48.7 Å². The van der Waals surface area contributed by atoms with Crippen molar-refractivity contribution < 1.29 is 23.8 Å². The van der Waals surface area contributed by atoms with E-state index in [-0.39, 0.29) is 30.7 Å². The quantitative estimate of drug-likeness (QED) is 0.352. The second kappa shape index (κ2) is 10.5. The Hall–Kier alpha value is -4.02. The summed E-state index contributed by atoms with van der Waals surface area (Å²) in [4.78, 5) is 21.3. The number of aromatic nitrogens is 3. The predicted molar refractivity (Wildman–Crippen MR) is 136 cm³/mol. The van der Waals surface area contributed by atoms with E-state index in [9.17, 15) is 14.3 Å². The van der Waals surface area contributed by atoms with Gasteiger partial charge in [-0.3, -0.25) is 4.79 Å². The smallest absolute Gasteiger partial charge is 0.255 e. The zero-order valence-electron chi connectivity index (χ0n) is 20.4. The Balaban J connectivity index is 1.36. The molecule has 1 saturated heterocycles. The molecule has 3 heterocycles. The number of ether oxygens (including phenoxy) is 2. The SMILES string of the molecule is COc1ccc(F)cc1C(=O)NCc1ccc(-n2cc([C@@H]3CC[C@@H](CO)OC3)c3ncnc(N)c32)cc1. The highest BCUT2D eigenvalue weighted by Crippen LogP contribution is 2.36. The van der Waals surface area contributed by atoms with Gasteiger partial charge in [-0.2, -0.15) is 0 Å². The number of carbonyl (C=O) groups excluding carboxylic acids is 1. The molecule has 192 valence electrons. The molecule has 4 N–H and O–H groups in total. The Bertz CT molecular complexity index is 1410. The van der Waals surface area contributed by atoms with E-state index in [0.717, 1.165) is 46.8 Å². The first-order valence-corrected chi connectivity index (χ1v) is 12.0. The molecule has 4 aromatic rings. The van der Waals surface area contributed by atoms with Crippen molar-refractivity contribution in [2.75, 3.05) is 26.1 Å². The average molecular weight is 506 g/mol. The molecule has 2 atom stereocenters. The van der Waals surface area contributed by atoms with E-state index >= 15 is 0 Å². The van der Waals surface area contributed by atoms with E-state index in [4.69, 9.17) is 15.2 Å². The van der Waals surface area contributed by atoms with Crippen molar-refractivity contribution in [3.8, 4) is 11.4 Å². The maximum absolute atomic E-state index is 13.6. The van der Waals surface area contributed by atoms with E-state index < -0.39 is 11.7 Å². The third kappa shape index (κ3) is 4.98. The Morgan fingerprint density at radius 1 is 1.24 bits per heavy atom. The number of hydrogen-bond acceptors (Lipinski definition) is 7. The monoisotopic (exact) mass is 505 g/mol. The van der Waals surface area contributed by atoms with Crippen molar-refractivity contribution in [1.82, 2.24) is 19.9 Å². The van der Waals surface area contributed by atoms with Gasteiger partial charge in [-0.25, -0.2) is 14.4 Å². The summed E-state index contributed by atoms with van der Waals surface area (Å²) in [6, 6.07) is 11.5. The van der Waals surface area contributed by atoms with Crippen LogP contribution in [0, 0.1) is 5.82 Å². The summed E-state index contributed by atoms with van der Waals surface area (Å²) in [5.74, 6) is -0.120. The number of nitrogens with zero attached hydrogens (tertiary/aromatic N) is 3. The van der Waals surface area contributed by atoms with Crippen LogP contribution in [0.15, 0.2) is 55.0 Å². The number of halogens is 1. The average Bonchev–Trinajstić information content (AvgIpc) is 3.33. The number of amides is 1. The highest BCUT2D eigenvalue weighted by atomic mass is 19.1. The Morgan fingerprint density at radius 2 is 2.05 bits per heavy atom. The second-order valence-corrected chi connectivity index (χ2v) is 9.02. The topological polar surface area (TPSA) is 125 Å². The molecule has 0 radical (unpaired) electrons. The van der Waals surface area contributed by atoms with Crippen molar-refractivity contribution in [2.24, 2.45) is 0 Å². The lowest BCUT2D eigenvalue weighted by atomic mass is 9.92. The van der Waals surface area contributed by atoms with Crippen molar-refractivity contribution in [3.63, 3.8) is 0 Å². The van der Waals surface area contributed by atoms with Crippen molar-refractivity contribution >= 4 is 22.8 Å². The number of benzene rings is 2. The van der Waals surface area contributed by atoms with Gasteiger partial charge in [0.1, 0.15) is 23.4 Å². The number of fused-ring (bicyclic) bond motifs is 1. The minimum absolute atomic E-state index is 0.0200. The molecule has 1 aliphatic heterocycles. The minimum atomic E-state index is -0.509.